The summed E-state index contributed by atoms with van der Waals surface area (Å²) in [6.45, 7) is 0.963. The number of aliphatic hydroxyl groups excluding tert-OH is 1. The van der Waals surface area contributed by atoms with Crippen LogP contribution in [0.5, 0.6) is 0 Å². The molecule has 0 aromatic carbocycles. The summed E-state index contributed by atoms with van der Waals surface area (Å²) in [6, 6.07) is 3.56. The summed E-state index contributed by atoms with van der Waals surface area (Å²) in [7, 11) is 1.56. The molecule has 0 amide bonds. The molecule has 4 N–H and O–H groups in total. The number of anilines is 2. The summed E-state index contributed by atoms with van der Waals surface area (Å²) < 4.78 is 4.81. The molecule has 1 atom stereocenters. The van der Waals surface area contributed by atoms with Crippen molar-refractivity contribution in [2.45, 2.75) is 12.5 Å². The molecule has 0 spiro atoms. The van der Waals surface area contributed by atoms with Crippen molar-refractivity contribution in [1.82, 2.24) is 4.98 Å². The first-order chi connectivity index (χ1) is 7.24. The topological polar surface area (TPSA) is 80.4 Å². The Kier molecular flexibility index (Phi) is 4.86. The van der Waals surface area contributed by atoms with Gasteiger partial charge in [0, 0.05) is 19.9 Å². The van der Waals surface area contributed by atoms with Crippen LogP contribution in [-0.2, 0) is 4.74 Å². The predicted octanol–water partition coefficient (Wildman–Crippen LogP) is 0.473. The van der Waals surface area contributed by atoms with Gasteiger partial charge in [0.2, 0.25) is 0 Å². The summed E-state index contributed by atoms with van der Waals surface area (Å²) in [5, 5.41) is 12.4. The summed E-state index contributed by atoms with van der Waals surface area (Å²) >= 11 is 0. The Morgan fingerprint density at radius 1 is 1.67 bits per heavy atom. The summed E-state index contributed by atoms with van der Waals surface area (Å²) in [5.41, 5.74) is 6.29. The Bertz CT molecular complexity index is 294. The van der Waals surface area contributed by atoms with Gasteiger partial charge in [-0.1, -0.05) is 0 Å². The van der Waals surface area contributed by atoms with Crippen molar-refractivity contribution in [3.8, 4) is 0 Å². The number of methoxy groups -OCH3 is 1. The fourth-order valence-electron chi connectivity index (χ4n) is 1.20. The van der Waals surface area contributed by atoms with Crippen LogP contribution in [0.3, 0.4) is 0 Å². The van der Waals surface area contributed by atoms with E-state index in [0.29, 0.717) is 31.1 Å². The van der Waals surface area contributed by atoms with E-state index in [1.807, 2.05) is 0 Å². The minimum Gasteiger partial charge on any atom is -0.396 e. The van der Waals surface area contributed by atoms with Gasteiger partial charge < -0.3 is 20.9 Å². The Balaban J connectivity index is 2.29. The number of nitrogen functional groups attached to an aromatic ring is 1. The molecule has 15 heavy (non-hydrogen) atoms. The van der Waals surface area contributed by atoms with Gasteiger partial charge in [-0.25, -0.2) is 4.98 Å². The molecule has 0 aliphatic heterocycles. The molecule has 0 fully saturated rings. The van der Waals surface area contributed by atoms with Gasteiger partial charge in [-0.15, -0.1) is 0 Å². The number of ether oxygens (including phenoxy) is 1. The van der Waals surface area contributed by atoms with Crippen molar-refractivity contribution >= 4 is 11.5 Å². The summed E-state index contributed by atoms with van der Waals surface area (Å²) in [6.07, 6.45) is 1.82. The Labute approximate surface area is 89.3 Å². The van der Waals surface area contributed by atoms with Crippen molar-refractivity contribution in [3.05, 3.63) is 18.3 Å². The van der Waals surface area contributed by atoms with E-state index >= 15 is 0 Å². The fraction of sp³-hybridized carbons (Fsp3) is 0.500. The van der Waals surface area contributed by atoms with Gasteiger partial charge in [-0.3, -0.25) is 0 Å². The average molecular weight is 211 g/mol. The standard InChI is InChI=1S/C10H17N3O2/c1-15-7-8(14)4-6-13-10-9(11)3-2-5-12-10/h2-3,5,8,14H,4,6-7,11H2,1H3,(H,12,13). The normalized spacial score (nSPS) is 12.4. The van der Waals surface area contributed by atoms with Gasteiger partial charge in [0.15, 0.2) is 0 Å². The molecule has 0 aliphatic carbocycles. The number of pyridine rings is 1. The number of nitrogens with two attached hydrogens (primary N) is 1. The second-order valence-electron chi connectivity index (χ2n) is 3.27. The van der Waals surface area contributed by atoms with E-state index < -0.39 is 6.10 Å². The first-order valence-electron chi connectivity index (χ1n) is 4.85. The molecular weight excluding hydrogens is 194 g/mol. The number of hydrogen-bond donors (Lipinski definition) is 3. The molecule has 5 nitrogen and oxygen atoms in total. The van der Waals surface area contributed by atoms with Crippen molar-refractivity contribution in [2.75, 3.05) is 31.3 Å². The monoisotopic (exact) mass is 211 g/mol. The number of nitrogens with one attached hydrogen (secondary N) is 1. The maximum atomic E-state index is 9.38. The van der Waals surface area contributed by atoms with Crippen LogP contribution < -0.4 is 11.1 Å². The highest BCUT2D eigenvalue weighted by atomic mass is 16.5. The predicted molar refractivity (Wildman–Crippen MR) is 59.6 cm³/mol. The second kappa shape index (κ2) is 6.21. The van der Waals surface area contributed by atoms with Crippen molar-refractivity contribution in [1.29, 1.82) is 0 Å². The minimum atomic E-state index is -0.451. The molecule has 84 valence electrons. The molecule has 1 heterocycles. The van der Waals surface area contributed by atoms with Crippen LogP contribution in [0.1, 0.15) is 6.42 Å². The maximum absolute atomic E-state index is 9.38. The third-order valence-electron chi connectivity index (χ3n) is 1.97. The Hall–Kier alpha value is -1.33. The lowest BCUT2D eigenvalue weighted by atomic mass is 10.2. The minimum absolute atomic E-state index is 0.347. The Morgan fingerprint density at radius 3 is 3.13 bits per heavy atom. The zero-order valence-corrected chi connectivity index (χ0v) is 8.81. The molecular formula is C10H17N3O2. The SMILES string of the molecule is COCC(O)CCNc1ncccc1N. The van der Waals surface area contributed by atoms with E-state index in [1.54, 1.807) is 25.4 Å². The maximum Gasteiger partial charge on any atom is 0.149 e. The van der Waals surface area contributed by atoms with Crippen LogP contribution in [0.2, 0.25) is 0 Å². The lowest BCUT2D eigenvalue weighted by molar-refractivity contribution is 0.0615. The molecule has 5 heteroatoms. The Morgan fingerprint density at radius 2 is 2.47 bits per heavy atom. The molecule has 1 unspecified atom stereocenters. The molecule has 1 rings (SSSR count). The van der Waals surface area contributed by atoms with Gasteiger partial charge >= 0.3 is 0 Å². The van der Waals surface area contributed by atoms with Gasteiger partial charge in [0.1, 0.15) is 5.82 Å². The second-order valence-corrected chi connectivity index (χ2v) is 3.27. The van der Waals surface area contributed by atoms with Gasteiger partial charge in [-0.05, 0) is 18.6 Å². The van der Waals surface area contributed by atoms with Crippen molar-refractivity contribution in [3.63, 3.8) is 0 Å². The molecule has 1 aromatic rings. The largest absolute Gasteiger partial charge is 0.396 e. The third-order valence-corrected chi connectivity index (χ3v) is 1.97. The highest BCUT2D eigenvalue weighted by molar-refractivity contribution is 5.60. The number of aromatic nitrogens is 1. The first kappa shape index (κ1) is 11.7. The molecule has 0 saturated heterocycles. The lowest BCUT2D eigenvalue weighted by Crippen LogP contribution is -2.18. The van der Waals surface area contributed by atoms with Crippen LogP contribution in [0.15, 0.2) is 18.3 Å². The number of rotatable bonds is 6. The molecule has 1 aromatic heterocycles. The number of nitrogens with zero attached hydrogens (tertiary/aromatic N) is 1. The van der Waals surface area contributed by atoms with E-state index in [4.69, 9.17) is 10.5 Å². The van der Waals surface area contributed by atoms with Crippen LogP contribution in [0.4, 0.5) is 11.5 Å². The third kappa shape index (κ3) is 4.14. The average Bonchev–Trinajstić information content (AvgIpc) is 2.21. The molecule has 0 aliphatic rings. The fourth-order valence-corrected chi connectivity index (χ4v) is 1.20. The zero-order valence-electron chi connectivity index (χ0n) is 8.81. The van der Waals surface area contributed by atoms with E-state index in [2.05, 4.69) is 10.3 Å². The smallest absolute Gasteiger partial charge is 0.149 e. The molecule has 0 bridgehead atoms. The van der Waals surface area contributed by atoms with E-state index in [9.17, 15) is 5.11 Å². The number of hydrogen-bond acceptors (Lipinski definition) is 5. The van der Waals surface area contributed by atoms with E-state index in [1.165, 1.54) is 0 Å². The van der Waals surface area contributed by atoms with E-state index in [0.717, 1.165) is 0 Å². The van der Waals surface area contributed by atoms with Crippen LogP contribution in [0, 0.1) is 0 Å². The van der Waals surface area contributed by atoms with Gasteiger partial charge in [0.25, 0.3) is 0 Å². The van der Waals surface area contributed by atoms with Crippen LogP contribution in [-0.4, -0.2) is 36.5 Å². The summed E-state index contributed by atoms with van der Waals surface area (Å²) in [4.78, 5) is 4.07. The molecule has 0 radical (unpaired) electrons. The molecule has 0 saturated carbocycles. The van der Waals surface area contributed by atoms with Gasteiger partial charge in [-0.2, -0.15) is 0 Å². The van der Waals surface area contributed by atoms with Crippen molar-refractivity contribution in [2.24, 2.45) is 0 Å². The van der Waals surface area contributed by atoms with E-state index in [-0.39, 0.29) is 0 Å². The lowest BCUT2D eigenvalue weighted by Gasteiger charge is -2.11. The van der Waals surface area contributed by atoms with Crippen LogP contribution >= 0.6 is 0 Å². The first-order valence-corrected chi connectivity index (χ1v) is 4.85. The highest BCUT2D eigenvalue weighted by Crippen LogP contribution is 2.12. The zero-order chi connectivity index (χ0) is 11.1. The van der Waals surface area contributed by atoms with Crippen molar-refractivity contribution < 1.29 is 9.84 Å². The van der Waals surface area contributed by atoms with Crippen LogP contribution in [0.25, 0.3) is 0 Å². The summed E-state index contributed by atoms with van der Waals surface area (Å²) in [5.74, 6) is 0.655. The quantitative estimate of drug-likeness (QED) is 0.637. The highest BCUT2D eigenvalue weighted by Gasteiger charge is 2.03. The van der Waals surface area contributed by atoms with Gasteiger partial charge in [0.05, 0.1) is 18.4 Å². The number of aliphatic hydroxyl groups is 1.